The Labute approximate surface area is 235 Å². The van der Waals surface area contributed by atoms with Crippen LogP contribution < -0.4 is 25.0 Å². The number of hydrogen-bond donors (Lipinski definition) is 0. The van der Waals surface area contributed by atoms with Crippen molar-refractivity contribution < 1.29 is 13.7 Å². The summed E-state index contributed by atoms with van der Waals surface area (Å²) in [6.45, 7) is 4.23. The number of fused-ring (bicyclic) bond motifs is 3. The average molecular weight is 537 g/mol. The largest absolute Gasteiger partial charge is 0.308 e. The molecule has 3 heterocycles. The topological polar surface area (TPSA) is 24.8 Å². The minimum Gasteiger partial charge on any atom is -0.308 e. The standard InChI is InChI=1S/C36H29N2OP/c1-26-10-6-8-14-33(26)37-21-18-28(19-22-37)29-16-17-31-32-20-23-38(34-15-9-7-11-27(34)2)25-36(32)40(39,35(31)24-29)30-12-4-3-5-13-30/h3-25H,1-2H3/q+2. The molecule has 0 radical (unpaired) electrons. The lowest BCUT2D eigenvalue weighted by atomic mass is 10.0. The van der Waals surface area contributed by atoms with E-state index in [1.54, 1.807) is 0 Å². The molecule has 1 aliphatic rings. The van der Waals surface area contributed by atoms with Gasteiger partial charge in [0.1, 0.15) is 0 Å². The van der Waals surface area contributed by atoms with Gasteiger partial charge < -0.3 is 4.57 Å². The highest BCUT2D eigenvalue weighted by atomic mass is 31.2. The van der Waals surface area contributed by atoms with Crippen LogP contribution in [0.25, 0.3) is 33.6 Å². The molecular weight excluding hydrogens is 507 g/mol. The molecule has 0 spiro atoms. The molecule has 0 saturated carbocycles. The third-order valence-electron chi connectivity index (χ3n) is 7.98. The van der Waals surface area contributed by atoms with Crippen molar-refractivity contribution in [3.8, 4) is 33.6 Å². The van der Waals surface area contributed by atoms with Gasteiger partial charge in [0.15, 0.2) is 31.9 Å². The quantitative estimate of drug-likeness (QED) is 0.196. The Kier molecular flexibility index (Phi) is 5.84. The molecule has 0 bridgehead atoms. The van der Waals surface area contributed by atoms with Crippen LogP contribution in [0.15, 0.2) is 140 Å². The summed E-state index contributed by atoms with van der Waals surface area (Å²) in [5.41, 5.74) is 8.90. The first kappa shape index (κ1) is 24.5. The first-order valence-electron chi connectivity index (χ1n) is 13.5. The number of para-hydroxylation sites is 2. The van der Waals surface area contributed by atoms with Crippen LogP contribution in [0.5, 0.6) is 0 Å². The molecule has 4 heteroatoms. The van der Waals surface area contributed by atoms with E-state index in [0.29, 0.717) is 0 Å². The maximum Gasteiger partial charge on any atom is 0.213 e. The molecule has 1 aliphatic heterocycles. The van der Waals surface area contributed by atoms with Crippen molar-refractivity contribution in [3.63, 3.8) is 0 Å². The van der Waals surface area contributed by atoms with Gasteiger partial charge >= 0.3 is 0 Å². The zero-order valence-corrected chi connectivity index (χ0v) is 23.4. The molecule has 6 aromatic rings. The molecule has 40 heavy (non-hydrogen) atoms. The molecule has 192 valence electrons. The number of aryl methyl sites for hydroxylation is 2. The maximum atomic E-state index is 15.4. The molecule has 3 nitrogen and oxygen atoms in total. The van der Waals surface area contributed by atoms with E-state index in [-0.39, 0.29) is 0 Å². The van der Waals surface area contributed by atoms with E-state index < -0.39 is 7.14 Å². The fraction of sp³-hybridized carbons (Fsp3) is 0.0556. The first-order valence-corrected chi connectivity index (χ1v) is 15.2. The Balaban J connectivity index is 1.37. The van der Waals surface area contributed by atoms with Crippen molar-refractivity contribution in [1.82, 2.24) is 0 Å². The Bertz CT molecular complexity index is 1950. The normalized spacial score (nSPS) is 15.4. The summed E-state index contributed by atoms with van der Waals surface area (Å²) in [5, 5.41) is 2.66. The van der Waals surface area contributed by atoms with Gasteiger partial charge in [-0.2, -0.15) is 9.13 Å². The van der Waals surface area contributed by atoms with Crippen molar-refractivity contribution in [2.45, 2.75) is 13.8 Å². The molecule has 2 aromatic heterocycles. The van der Waals surface area contributed by atoms with E-state index in [1.807, 2.05) is 42.5 Å². The van der Waals surface area contributed by atoms with E-state index in [9.17, 15) is 0 Å². The predicted molar refractivity (Wildman–Crippen MR) is 163 cm³/mol. The van der Waals surface area contributed by atoms with E-state index in [4.69, 9.17) is 0 Å². The number of nitrogens with zero attached hydrogens (tertiary/aromatic N) is 2. The van der Waals surface area contributed by atoms with Crippen LogP contribution >= 0.6 is 7.14 Å². The van der Waals surface area contributed by atoms with Crippen LogP contribution in [0.2, 0.25) is 0 Å². The van der Waals surface area contributed by atoms with Crippen LogP contribution in [0.3, 0.4) is 0 Å². The molecule has 0 saturated heterocycles. The summed E-state index contributed by atoms with van der Waals surface area (Å²) < 4.78 is 19.6. The van der Waals surface area contributed by atoms with Crippen molar-refractivity contribution in [1.29, 1.82) is 0 Å². The Morgan fingerprint density at radius 3 is 1.77 bits per heavy atom. The van der Waals surface area contributed by atoms with Gasteiger partial charge in [0.2, 0.25) is 11.4 Å². The van der Waals surface area contributed by atoms with Crippen LogP contribution in [0.4, 0.5) is 0 Å². The number of rotatable bonds is 4. The highest BCUT2D eigenvalue weighted by Gasteiger charge is 2.42. The number of hydrogen-bond acceptors (Lipinski definition) is 1. The minimum atomic E-state index is -3.10. The van der Waals surface area contributed by atoms with E-state index in [2.05, 4.69) is 121 Å². The molecule has 1 unspecified atom stereocenters. The van der Waals surface area contributed by atoms with Gasteiger partial charge in [-0.3, -0.25) is 0 Å². The van der Waals surface area contributed by atoms with Gasteiger partial charge in [-0.25, -0.2) is 0 Å². The molecule has 0 fully saturated rings. The van der Waals surface area contributed by atoms with Gasteiger partial charge in [0.05, 0.1) is 5.30 Å². The Hall–Kier alpha value is -4.59. The van der Waals surface area contributed by atoms with Crippen molar-refractivity contribution in [3.05, 3.63) is 151 Å². The van der Waals surface area contributed by atoms with Gasteiger partial charge in [0.25, 0.3) is 0 Å². The van der Waals surface area contributed by atoms with Crippen molar-refractivity contribution >= 4 is 23.1 Å². The molecule has 0 amide bonds. The second-order valence-electron chi connectivity index (χ2n) is 10.4. The first-order chi connectivity index (χ1) is 19.5. The fourth-order valence-electron chi connectivity index (χ4n) is 5.84. The maximum absolute atomic E-state index is 15.4. The lowest BCUT2D eigenvalue weighted by Gasteiger charge is -2.15. The highest BCUT2D eigenvalue weighted by molar-refractivity contribution is 7.86. The average Bonchev–Trinajstić information content (AvgIpc) is 3.26. The molecule has 7 rings (SSSR count). The van der Waals surface area contributed by atoms with Crippen LogP contribution in [-0.4, -0.2) is 0 Å². The lowest BCUT2D eigenvalue weighted by molar-refractivity contribution is -0.596. The summed E-state index contributed by atoms with van der Waals surface area (Å²) in [7, 11) is -3.10. The second-order valence-corrected chi connectivity index (χ2v) is 13.1. The third-order valence-corrected chi connectivity index (χ3v) is 11.1. The van der Waals surface area contributed by atoms with Crippen LogP contribution in [-0.2, 0) is 4.57 Å². The molecule has 0 aliphatic carbocycles. The molecule has 0 N–H and O–H groups in total. The summed E-state index contributed by atoms with van der Waals surface area (Å²) in [4.78, 5) is 0. The SMILES string of the molecule is Cc1ccccc1-[n+]1ccc(-c2ccc3c(c2)P(=O)(c2ccccc2)c2c[n+](-c4ccccc4C)ccc2-3)cc1. The number of pyridine rings is 2. The summed E-state index contributed by atoms with van der Waals surface area (Å²) >= 11 is 0. The third kappa shape index (κ3) is 3.86. The molecule has 1 atom stereocenters. The predicted octanol–water partition coefficient (Wildman–Crippen LogP) is 6.14. The second kappa shape index (κ2) is 9.55. The number of aromatic nitrogens is 2. The van der Waals surface area contributed by atoms with E-state index in [1.165, 1.54) is 11.1 Å². The Morgan fingerprint density at radius 1 is 0.525 bits per heavy atom. The summed E-state index contributed by atoms with van der Waals surface area (Å²) in [6.07, 6.45) is 8.36. The monoisotopic (exact) mass is 536 g/mol. The zero-order chi connectivity index (χ0) is 27.3. The lowest BCUT2D eigenvalue weighted by Crippen LogP contribution is -2.35. The van der Waals surface area contributed by atoms with Crippen LogP contribution in [0, 0.1) is 13.8 Å². The highest BCUT2D eigenvalue weighted by Crippen LogP contribution is 2.52. The summed E-state index contributed by atoms with van der Waals surface area (Å²) in [5.74, 6) is 0. The smallest absolute Gasteiger partial charge is 0.213 e. The van der Waals surface area contributed by atoms with Gasteiger partial charge in [-0.05, 0) is 36.6 Å². The molecule has 4 aromatic carbocycles. The van der Waals surface area contributed by atoms with Gasteiger partial charge in [-0.15, -0.1) is 0 Å². The zero-order valence-electron chi connectivity index (χ0n) is 22.5. The fourth-order valence-corrected chi connectivity index (χ4v) is 8.93. The number of benzene rings is 4. The van der Waals surface area contributed by atoms with Crippen LogP contribution in [0.1, 0.15) is 11.1 Å². The van der Waals surface area contributed by atoms with E-state index >= 15 is 4.57 Å². The summed E-state index contributed by atoms with van der Waals surface area (Å²) in [6, 6.07) is 39.5. The van der Waals surface area contributed by atoms with Crippen molar-refractivity contribution in [2.24, 2.45) is 0 Å². The molecular formula is C36H29N2OP+2. The van der Waals surface area contributed by atoms with E-state index in [0.717, 1.165) is 49.5 Å². The Morgan fingerprint density at radius 2 is 1.10 bits per heavy atom. The van der Waals surface area contributed by atoms with Gasteiger partial charge in [-0.1, -0.05) is 78.9 Å². The minimum absolute atomic E-state index is 0.861. The van der Waals surface area contributed by atoms with Gasteiger partial charge in [0, 0.05) is 57.6 Å². The van der Waals surface area contributed by atoms with Crippen molar-refractivity contribution in [2.75, 3.05) is 0 Å².